The SMILES string of the molecule is CC(C)(CNCCC1COCCN1)c1cc[nH]c1. The van der Waals surface area contributed by atoms with E-state index in [1.165, 1.54) is 5.56 Å². The number of ether oxygens (including phenoxy) is 1. The van der Waals surface area contributed by atoms with Gasteiger partial charge in [-0.05, 0) is 24.6 Å². The van der Waals surface area contributed by atoms with E-state index in [1.807, 2.05) is 6.20 Å². The smallest absolute Gasteiger partial charge is 0.0620 e. The Bertz CT molecular complexity index is 329. The van der Waals surface area contributed by atoms with Gasteiger partial charge >= 0.3 is 0 Å². The fraction of sp³-hybridized carbons (Fsp3) is 0.714. The molecule has 0 bridgehead atoms. The van der Waals surface area contributed by atoms with Gasteiger partial charge in [0.2, 0.25) is 0 Å². The number of aromatic nitrogens is 1. The van der Waals surface area contributed by atoms with Crippen molar-refractivity contribution in [1.29, 1.82) is 0 Å². The molecule has 1 fully saturated rings. The van der Waals surface area contributed by atoms with Gasteiger partial charge in [0.05, 0.1) is 13.2 Å². The monoisotopic (exact) mass is 251 g/mol. The minimum Gasteiger partial charge on any atom is -0.379 e. The summed E-state index contributed by atoms with van der Waals surface area (Å²) >= 11 is 0. The van der Waals surface area contributed by atoms with Crippen LogP contribution in [0.15, 0.2) is 18.5 Å². The highest BCUT2D eigenvalue weighted by Crippen LogP contribution is 2.21. The standard InChI is InChI=1S/C14H25N3O/c1-14(2,12-3-5-15-9-12)11-16-6-4-13-10-18-8-7-17-13/h3,5,9,13,15-17H,4,6-8,10-11H2,1-2H3. The van der Waals surface area contributed by atoms with Gasteiger partial charge in [-0.15, -0.1) is 0 Å². The van der Waals surface area contributed by atoms with Crippen LogP contribution < -0.4 is 10.6 Å². The Morgan fingerprint density at radius 2 is 2.39 bits per heavy atom. The molecule has 2 heterocycles. The van der Waals surface area contributed by atoms with Crippen LogP contribution in [0.4, 0.5) is 0 Å². The van der Waals surface area contributed by atoms with E-state index in [0.717, 1.165) is 39.3 Å². The van der Waals surface area contributed by atoms with Gasteiger partial charge in [-0.3, -0.25) is 0 Å². The maximum atomic E-state index is 5.44. The van der Waals surface area contributed by atoms with Crippen molar-refractivity contribution in [2.75, 3.05) is 32.8 Å². The molecule has 0 spiro atoms. The number of hydrogen-bond donors (Lipinski definition) is 3. The Labute approximate surface area is 109 Å². The van der Waals surface area contributed by atoms with Crippen LogP contribution in [-0.4, -0.2) is 43.9 Å². The number of rotatable bonds is 6. The summed E-state index contributed by atoms with van der Waals surface area (Å²) in [6.07, 6.45) is 5.20. The second-order valence-corrected chi connectivity index (χ2v) is 5.67. The molecule has 0 aliphatic carbocycles. The van der Waals surface area contributed by atoms with Crippen LogP contribution in [0.2, 0.25) is 0 Å². The molecule has 1 aliphatic rings. The minimum absolute atomic E-state index is 0.177. The number of H-pyrrole nitrogens is 1. The maximum absolute atomic E-state index is 5.44. The first-order chi connectivity index (χ1) is 8.68. The highest BCUT2D eigenvalue weighted by molar-refractivity contribution is 5.20. The molecule has 1 aliphatic heterocycles. The van der Waals surface area contributed by atoms with Gasteiger partial charge in [0.25, 0.3) is 0 Å². The van der Waals surface area contributed by atoms with Crippen LogP contribution in [-0.2, 0) is 10.2 Å². The zero-order valence-electron chi connectivity index (χ0n) is 11.5. The molecule has 1 saturated heterocycles. The van der Waals surface area contributed by atoms with Crippen LogP contribution in [0.5, 0.6) is 0 Å². The molecule has 1 aromatic heterocycles. The summed E-state index contributed by atoms with van der Waals surface area (Å²) in [5, 5.41) is 7.03. The second kappa shape index (κ2) is 6.36. The van der Waals surface area contributed by atoms with Crippen molar-refractivity contribution < 1.29 is 4.74 Å². The second-order valence-electron chi connectivity index (χ2n) is 5.67. The summed E-state index contributed by atoms with van der Waals surface area (Å²) in [4.78, 5) is 3.12. The highest BCUT2D eigenvalue weighted by Gasteiger charge is 2.20. The molecule has 2 rings (SSSR count). The average Bonchev–Trinajstić information content (AvgIpc) is 2.91. The van der Waals surface area contributed by atoms with Gasteiger partial charge in [-0.25, -0.2) is 0 Å². The third kappa shape index (κ3) is 3.83. The van der Waals surface area contributed by atoms with Crippen molar-refractivity contribution in [3.63, 3.8) is 0 Å². The van der Waals surface area contributed by atoms with E-state index in [0.29, 0.717) is 6.04 Å². The summed E-state index contributed by atoms with van der Waals surface area (Å²) in [6, 6.07) is 2.67. The van der Waals surface area contributed by atoms with Gasteiger partial charge in [-0.1, -0.05) is 13.8 Å². The Balaban J connectivity index is 1.65. The molecule has 3 N–H and O–H groups in total. The first kappa shape index (κ1) is 13.6. The Hall–Kier alpha value is -0.840. The van der Waals surface area contributed by atoms with E-state index in [4.69, 9.17) is 4.74 Å². The average molecular weight is 251 g/mol. The topological polar surface area (TPSA) is 49.1 Å². The van der Waals surface area contributed by atoms with Crippen LogP contribution >= 0.6 is 0 Å². The van der Waals surface area contributed by atoms with Gasteiger partial charge in [0.1, 0.15) is 0 Å². The zero-order valence-corrected chi connectivity index (χ0v) is 11.5. The Morgan fingerprint density at radius 1 is 1.50 bits per heavy atom. The van der Waals surface area contributed by atoms with Crippen molar-refractivity contribution in [3.8, 4) is 0 Å². The molecule has 102 valence electrons. The molecule has 0 amide bonds. The predicted octanol–water partition coefficient (Wildman–Crippen LogP) is 1.26. The van der Waals surface area contributed by atoms with E-state index < -0.39 is 0 Å². The normalized spacial score (nSPS) is 21.1. The largest absolute Gasteiger partial charge is 0.379 e. The van der Waals surface area contributed by atoms with Crippen LogP contribution in [0.25, 0.3) is 0 Å². The number of morpholine rings is 1. The number of nitrogens with one attached hydrogen (secondary N) is 3. The van der Waals surface area contributed by atoms with Gasteiger partial charge in [-0.2, -0.15) is 0 Å². The fourth-order valence-electron chi connectivity index (χ4n) is 2.33. The molecular formula is C14H25N3O. The van der Waals surface area contributed by atoms with E-state index >= 15 is 0 Å². The zero-order chi connectivity index (χ0) is 12.8. The van der Waals surface area contributed by atoms with Crippen molar-refractivity contribution in [2.45, 2.75) is 31.7 Å². The molecule has 1 aromatic rings. The molecule has 0 aromatic carbocycles. The summed E-state index contributed by atoms with van der Waals surface area (Å²) in [6.45, 7) is 9.26. The molecule has 4 heteroatoms. The van der Waals surface area contributed by atoms with Crippen LogP contribution in [0, 0.1) is 0 Å². The first-order valence-electron chi connectivity index (χ1n) is 6.83. The van der Waals surface area contributed by atoms with E-state index in [2.05, 4.69) is 41.7 Å². The van der Waals surface area contributed by atoms with E-state index in [9.17, 15) is 0 Å². The minimum atomic E-state index is 0.177. The molecule has 18 heavy (non-hydrogen) atoms. The molecular weight excluding hydrogens is 226 g/mol. The first-order valence-corrected chi connectivity index (χ1v) is 6.83. The van der Waals surface area contributed by atoms with Crippen LogP contribution in [0.3, 0.4) is 0 Å². The third-order valence-electron chi connectivity index (χ3n) is 3.61. The molecule has 1 atom stereocenters. The lowest BCUT2D eigenvalue weighted by molar-refractivity contribution is 0.0742. The predicted molar refractivity (Wildman–Crippen MR) is 73.9 cm³/mol. The molecule has 1 unspecified atom stereocenters. The van der Waals surface area contributed by atoms with Gasteiger partial charge in [0.15, 0.2) is 0 Å². The van der Waals surface area contributed by atoms with Gasteiger partial charge in [0, 0.05) is 36.9 Å². The highest BCUT2D eigenvalue weighted by atomic mass is 16.5. The van der Waals surface area contributed by atoms with Crippen molar-refractivity contribution in [2.24, 2.45) is 0 Å². The van der Waals surface area contributed by atoms with Gasteiger partial charge < -0.3 is 20.4 Å². The lowest BCUT2D eigenvalue weighted by Crippen LogP contribution is -2.43. The van der Waals surface area contributed by atoms with Crippen molar-refractivity contribution >= 4 is 0 Å². The summed E-state index contributed by atoms with van der Waals surface area (Å²) in [5.41, 5.74) is 1.53. The van der Waals surface area contributed by atoms with Crippen molar-refractivity contribution in [3.05, 3.63) is 24.0 Å². The third-order valence-corrected chi connectivity index (χ3v) is 3.61. The summed E-state index contributed by atoms with van der Waals surface area (Å²) in [7, 11) is 0. The Morgan fingerprint density at radius 3 is 3.06 bits per heavy atom. The summed E-state index contributed by atoms with van der Waals surface area (Å²) in [5.74, 6) is 0. The lowest BCUT2D eigenvalue weighted by atomic mass is 9.86. The lowest BCUT2D eigenvalue weighted by Gasteiger charge is -2.26. The van der Waals surface area contributed by atoms with E-state index in [-0.39, 0.29) is 5.41 Å². The fourth-order valence-corrected chi connectivity index (χ4v) is 2.33. The van der Waals surface area contributed by atoms with Crippen LogP contribution in [0.1, 0.15) is 25.8 Å². The molecule has 4 nitrogen and oxygen atoms in total. The van der Waals surface area contributed by atoms with E-state index in [1.54, 1.807) is 0 Å². The maximum Gasteiger partial charge on any atom is 0.0620 e. The number of aromatic amines is 1. The van der Waals surface area contributed by atoms with Crippen molar-refractivity contribution in [1.82, 2.24) is 15.6 Å². The Kier molecular flexibility index (Phi) is 4.80. The molecule has 0 radical (unpaired) electrons. The number of hydrogen-bond acceptors (Lipinski definition) is 3. The quantitative estimate of drug-likeness (QED) is 0.667. The molecule has 0 saturated carbocycles. The summed E-state index contributed by atoms with van der Waals surface area (Å²) < 4.78 is 5.44.